The fourth-order valence-corrected chi connectivity index (χ4v) is 1.32. The lowest BCUT2D eigenvalue weighted by atomic mass is 10.4. The van der Waals surface area contributed by atoms with E-state index < -0.39 is 11.5 Å². The Morgan fingerprint density at radius 3 is 2.81 bits per heavy atom. The molecule has 0 saturated carbocycles. The van der Waals surface area contributed by atoms with Crippen molar-refractivity contribution in [2.24, 2.45) is 0 Å². The third kappa shape index (κ3) is 1.75. The molecule has 0 aliphatic carbocycles. The topological polar surface area (TPSA) is 65.1 Å². The van der Waals surface area contributed by atoms with Crippen LogP contribution in [0, 0.1) is 0 Å². The van der Waals surface area contributed by atoms with Crippen molar-refractivity contribution in [3.63, 3.8) is 0 Å². The molecule has 0 unspecified atom stereocenters. The first-order valence-electron chi connectivity index (χ1n) is 4.13. The minimum absolute atomic E-state index is 0.00448. The summed E-state index contributed by atoms with van der Waals surface area (Å²) >= 11 is 11.2. The van der Waals surface area contributed by atoms with Crippen molar-refractivity contribution >= 4 is 29.1 Å². The van der Waals surface area contributed by atoms with Gasteiger partial charge in [0.15, 0.2) is 5.76 Å². The fourth-order valence-electron chi connectivity index (χ4n) is 1.06. The van der Waals surface area contributed by atoms with Gasteiger partial charge in [0.2, 0.25) is 0 Å². The number of aromatic nitrogens is 2. The molecule has 0 spiro atoms. The van der Waals surface area contributed by atoms with Crippen LogP contribution >= 0.6 is 23.2 Å². The zero-order valence-electron chi connectivity index (χ0n) is 7.68. The minimum Gasteiger partial charge on any atom is -0.459 e. The third-order valence-corrected chi connectivity index (χ3v) is 2.55. The lowest BCUT2D eigenvalue weighted by Gasteiger charge is -2.01. The molecule has 16 heavy (non-hydrogen) atoms. The van der Waals surface area contributed by atoms with Gasteiger partial charge in [-0.05, 0) is 12.1 Å². The molecule has 5 nitrogen and oxygen atoms in total. The smallest absolute Gasteiger partial charge is 0.317 e. The highest BCUT2D eigenvalue weighted by Gasteiger charge is 2.17. The molecule has 2 rings (SSSR count). The van der Waals surface area contributed by atoms with E-state index in [2.05, 4.69) is 5.10 Å². The fraction of sp³-hybridized carbons (Fsp3) is 0. The van der Waals surface area contributed by atoms with Crippen molar-refractivity contribution in [1.82, 2.24) is 9.78 Å². The van der Waals surface area contributed by atoms with Gasteiger partial charge in [-0.15, -0.1) is 0 Å². The molecule has 0 bridgehead atoms. The van der Waals surface area contributed by atoms with Crippen molar-refractivity contribution in [2.75, 3.05) is 0 Å². The number of halogens is 2. The van der Waals surface area contributed by atoms with Crippen LogP contribution in [0.1, 0.15) is 10.6 Å². The molecule has 0 aliphatic heterocycles. The van der Waals surface area contributed by atoms with Gasteiger partial charge < -0.3 is 4.42 Å². The number of nitrogens with zero attached hydrogens (tertiary/aromatic N) is 2. The van der Waals surface area contributed by atoms with E-state index in [1.54, 1.807) is 0 Å². The number of hydrogen-bond donors (Lipinski definition) is 0. The maximum Gasteiger partial charge on any atom is 0.317 e. The van der Waals surface area contributed by atoms with E-state index in [9.17, 15) is 9.59 Å². The largest absolute Gasteiger partial charge is 0.459 e. The van der Waals surface area contributed by atoms with Gasteiger partial charge in [-0.1, -0.05) is 23.2 Å². The average Bonchev–Trinajstić information content (AvgIpc) is 2.79. The van der Waals surface area contributed by atoms with Crippen LogP contribution in [0.15, 0.2) is 33.8 Å². The second-order valence-corrected chi connectivity index (χ2v) is 3.59. The summed E-state index contributed by atoms with van der Waals surface area (Å²) < 4.78 is 5.44. The van der Waals surface area contributed by atoms with Crippen molar-refractivity contribution in [2.45, 2.75) is 0 Å². The predicted molar refractivity (Wildman–Crippen MR) is 57.0 cm³/mol. The first-order valence-corrected chi connectivity index (χ1v) is 4.88. The second kappa shape index (κ2) is 4.11. The zero-order valence-corrected chi connectivity index (χ0v) is 9.20. The molecule has 0 atom stereocenters. The zero-order chi connectivity index (χ0) is 11.7. The van der Waals surface area contributed by atoms with Gasteiger partial charge in [-0.2, -0.15) is 9.78 Å². The number of furan rings is 1. The van der Waals surface area contributed by atoms with Crippen molar-refractivity contribution in [3.8, 4) is 0 Å². The van der Waals surface area contributed by atoms with E-state index in [1.165, 1.54) is 18.4 Å². The molecule has 2 aromatic rings. The summed E-state index contributed by atoms with van der Waals surface area (Å²) in [7, 11) is 0. The number of carbonyl (C=O) groups is 1. The van der Waals surface area contributed by atoms with Crippen LogP contribution in [0.25, 0.3) is 0 Å². The monoisotopic (exact) mass is 258 g/mol. The second-order valence-electron chi connectivity index (χ2n) is 2.81. The summed E-state index contributed by atoms with van der Waals surface area (Å²) in [4.78, 5) is 23.2. The maximum absolute atomic E-state index is 11.7. The molecular weight excluding hydrogens is 255 g/mol. The maximum atomic E-state index is 11.7. The molecule has 82 valence electrons. The van der Waals surface area contributed by atoms with Crippen LogP contribution in [0.4, 0.5) is 0 Å². The van der Waals surface area contributed by atoms with Gasteiger partial charge in [0, 0.05) is 0 Å². The van der Waals surface area contributed by atoms with E-state index in [-0.39, 0.29) is 15.8 Å². The van der Waals surface area contributed by atoms with E-state index in [0.29, 0.717) is 4.68 Å². The summed E-state index contributed by atoms with van der Waals surface area (Å²) in [6.45, 7) is 0. The summed E-state index contributed by atoms with van der Waals surface area (Å²) in [6, 6.07) is 2.94. The number of rotatable bonds is 1. The Bertz CT molecular complexity index is 589. The SMILES string of the molecule is O=C(c1ccco1)n1ncc(Cl)c(Cl)c1=O. The molecule has 2 heterocycles. The molecule has 0 aliphatic rings. The van der Waals surface area contributed by atoms with Gasteiger partial charge in [0.05, 0.1) is 17.5 Å². The molecule has 0 fully saturated rings. The molecule has 7 heteroatoms. The lowest BCUT2D eigenvalue weighted by molar-refractivity contribution is 0.0911. The lowest BCUT2D eigenvalue weighted by Crippen LogP contribution is -2.29. The Morgan fingerprint density at radius 2 is 2.19 bits per heavy atom. The van der Waals surface area contributed by atoms with E-state index >= 15 is 0 Å². The first-order chi connectivity index (χ1) is 7.61. The van der Waals surface area contributed by atoms with Gasteiger partial charge >= 0.3 is 5.91 Å². The summed E-state index contributed by atoms with van der Waals surface area (Å²) in [5, 5.41) is 3.32. The molecule has 0 aromatic carbocycles. The highest BCUT2D eigenvalue weighted by atomic mass is 35.5. The van der Waals surface area contributed by atoms with Crippen LogP contribution in [-0.4, -0.2) is 15.7 Å². The Labute approximate surface area is 99.2 Å². The van der Waals surface area contributed by atoms with E-state index in [0.717, 1.165) is 6.20 Å². The van der Waals surface area contributed by atoms with Crippen LogP contribution in [0.3, 0.4) is 0 Å². The van der Waals surface area contributed by atoms with Crippen LogP contribution < -0.4 is 5.56 Å². The van der Waals surface area contributed by atoms with Gasteiger partial charge in [-0.25, -0.2) is 0 Å². The average molecular weight is 259 g/mol. The third-order valence-electron chi connectivity index (χ3n) is 1.80. The molecular formula is C9H4Cl2N2O3. The Morgan fingerprint density at radius 1 is 1.44 bits per heavy atom. The van der Waals surface area contributed by atoms with E-state index in [1.807, 2.05) is 0 Å². The van der Waals surface area contributed by atoms with Crippen LogP contribution in [0.2, 0.25) is 10.0 Å². The van der Waals surface area contributed by atoms with Crippen LogP contribution in [-0.2, 0) is 0 Å². The normalized spacial score (nSPS) is 10.4. The van der Waals surface area contributed by atoms with E-state index in [4.69, 9.17) is 27.6 Å². The summed E-state index contributed by atoms with van der Waals surface area (Å²) in [5.41, 5.74) is -0.782. The molecule has 0 saturated heterocycles. The first kappa shape index (κ1) is 10.9. The highest BCUT2D eigenvalue weighted by Crippen LogP contribution is 2.14. The Kier molecular flexibility index (Phi) is 2.80. The predicted octanol–water partition coefficient (Wildman–Crippen LogP) is 1.83. The van der Waals surface area contributed by atoms with Gasteiger partial charge in [0.25, 0.3) is 5.56 Å². The van der Waals surface area contributed by atoms with Crippen molar-refractivity contribution < 1.29 is 9.21 Å². The van der Waals surface area contributed by atoms with Gasteiger partial charge in [-0.3, -0.25) is 9.59 Å². The molecule has 2 aromatic heterocycles. The Balaban J connectivity index is 2.55. The molecule has 0 amide bonds. The Hall–Kier alpha value is -1.59. The van der Waals surface area contributed by atoms with Crippen LogP contribution in [0.5, 0.6) is 0 Å². The summed E-state index contributed by atoms with van der Waals surface area (Å²) in [5.74, 6) is -0.707. The molecule has 0 radical (unpaired) electrons. The van der Waals surface area contributed by atoms with Crippen molar-refractivity contribution in [3.05, 3.63) is 50.8 Å². The number of hydrogen-bond acceptors (Lipinski definition) is 4. The number of carbonyl (C=O) groups excluding carboxylic acids is 1. The van der Waals surface area contributed by atoms with Gasteiger partial charge in [0.1, 0.15) is 5.02 Å². The standard InChI is InChI=1S/C9H4Cl2N2O3/c10-5-4-12-13(9(15)7(5)11)8(14)6-2-1-3-16-6/h1-4H. The van der Waals surface area contributed by atoms with Crippen molar-refractivity contribution in [1.29, 1.82) is 0 Å². The summed E-state index contributed by atoms with van der Waals surface area (Å²) in [6.07, 6.45) is 2.43. The minimum atomic E-state index is -0.782. The highest BCUT2D eigenvalue weighted by molar-refractivity contribution is 6.41. The molecule has 0 N–H and O–H groups in total. The quantitative estimate of drug-likeness (QED) is 0.783.